The van der Waals surface area contributed by atoms with Gasteiger partial charge in [0.15, 0.2) is 5.78 Å². The Balaban J connectivity index is 1.81. The number of fused-ring (bicyclic) bond motifs is 1. The number of hydrogen-bond acceptors (Lipinski definition) is 4. The van der Waals surface area contributed by atoms with E-state index in [0.717, 1.165) is 22.3 Å². The fraction of sp³-hybridized carbons (Fsp3) is 0.500. The number of ether oxygens (including phenoxy) is 2. The summed E-state index contributed by atoms with van der Waals surface area (Å²) in [5.41, 5.74) is 4.70. The average molecular weight is 414 g/mol. The maximum Gasteiger partial charge on any atom is 0.316 e. The zero-order valence-electron chi connectivity index (χ0n) is 18.1. The van der Waals surface area contributed by atoms with Gasteiger partial charge < -0.3 is 9.47 Å². The second-order valence-electron chi connectivity index (χ2n) is 8.87. The predicted molar refractivity (Wildman–Crippen MR) is 118 cm³/mol. The lowest BCUT2D eigenvalue weighted by Crippen LogP contribution is -2.45. The molecule has 0 radical (unpaired) electrons. The van der Waals surface area contributed by atoms with Crippen molar-refractivity contribution in [1.29, 1.82) is 0 Å². The molecule has 2 aliphatic rings. The smallest absolute Gasteiger partial charge is 0.316 e. The number of hydrogen-bond donors (Lipinski definition) is 0. The van der Waals surface area contributed by atoms with E-state index in [0.29, 0.717) is 5.56 Å². The maximum absolute atomic E-state index is 13.6. The van der Waals surface area contributed by atoms with Crippen LogP contribution in [0.1, 0.15) is 47.8 Å². The minimum Gasteiger partial charge on any atom is -0.460 e. The molecule has 156 valence electrons. The van der Waals surface area contributed by atoms with Crippen molar-refractivity contribution in [1.82, 2.24) is 0 Å². The number of benzene rings is 1. The molecule has 0 N–H and O–H groups in total. The zero-order valence-corrected chi connectivity index (χ0v) is 19.3. The summed E-state index contributed by atoms with van der Waals surface area (Å²) in [7, 11) is 2.60. The third-order valence-electron chi connectivity index (χ3n) is 5.83. The molecule has 0 amide bonds. The van der Waals surface area contributed by atoms with Crippen molar-refractivity contribution in [2.45, 2.75) is 58.9 Å². The molecule has 1 fully saturated rings. The lowest BCUT2D eigenvalue weighted by molar-refractivity contribution is -0.146. The first-order chi connectivity index (χ1) is 13.5. The molecule has 1 heterocycles. The average Bonchev–Trinajstić information content (AvgIpc) is 3.38. The normalized spacial score (nSPS) is 23.1. The van der Waals surface area contributed by atoms with E-state index in [-0.39, 0.29) is 36.5 Å². The highest BCUT2D eigenvalue weighted by atomic mass is 31.0. The number of esters is 1. The SMILES string of the molecule is Cc1cc(C)c(C(=O)C(C(C)C)C(C)(P)C(=O)OCC2=CC=CC3OC23)c(C)c1. The van der Waals surface area contributed by atoms with Crippen LogP contribution in [0.25, 0.3) is 0 Å². The molecule has 4 nitrogen and oxygen atoms in total. The summed E-state index contributed by atoms with van der Waals surface area (Å²) in [6, 6.07) is 4.04. The lowest BCUT2D eigenvalue weighted by atomic mass is 9.76. The molecule has 1 aliphatic carbocycles. The molecule has 1 aromatic rings. The predicted octanol–water partition coefficient (Wildman–Crippen LogP) is 4.51. The first kappa shape index (κ1) is 21.9. The van der Waals surface area contributed by atoms with E-state index in [2.05, 4.69) is 9.24 Å². The van der Waals surface area contributed by atoms with Crippen molar-refractivity contribution in [3.8, 4) is 0 Å². The van der Waals surface area contributed by atoms with E-state index < -0.39 is 11.1 Å². The largest absolute Gasteiger partial charge is 0.460 e. The second-order valence-corrected chi connectivity index (χ2v) is 10.1. The van der Waals surface area contributed by atoms with E-state index in [1.165, 1.54) is 0 Å². The molecule has 1 aromatic carbocycles. The van der Waals surface area contributed by atoms with Crippen LogP contribution in [0, 0.1) is 32.6 Å². The number of carbonyl (C=O) groups excluding carboxylic acids is 2. The van der Waals surface area contributed by atoms with Crippen molar-refractivity contribution in [3.05, 3.63) is 58.2 Å². The number of aryl methyl sites for hydroxylation is 3. The van der Waals surface area contributed by atoms with Crippen molar-refractivity contribution < 1.29 is 19.1 Å². The molecule has 29 heavy (non-hydrogen) atoms. The summed E-state index contributed by atoms with van der Waals surface area (Å²) in [6.45, 7) is 11.9. The Hall–Kier alpha value is -1.77. The Labute approximate surface area is 175 Å². The maximum atomic E-state index is 13.6. The van der Waals surface area contributed by atoms with Crippen molar-refractivity contribution in [2.75, 3.05) is 6.61 Å². The number of ketones is 1. The molecule has 0 bridgehead atoms. The van der Waals surface area contributed by atoms with Crippen molar-refractivity contribution >= 4 is 21.0 Å². The van der Waals surface area contributed by atoms with Crippen LogP contribution in [0.2, 0.25) is 0 Å². The standard InChI is InChI=1S/C24H31O4P/c1-13(2)20(21(25)19-15(4)10-14(3)11-16(19)5)24(6,29)23(26)27-12-17-8-7-9-18-22(17)28-18/h7-11,13,18,20,22H,12,29H2,1-6H3. The quantitative estimate of drug-likeness (QED) is 0.285. The summed E-state index contributed by atoms with van der Waals surface area (Å²) >= 11 is 0. The van der Waals surface area contributed by atoms with Crippen LogP contribution in [0.5, 0.6) is 0 Å². The molecular formula is C24H31O4P. The van der Waals surface area contributed by atoms with Crippen molar-refractivity contribution in [3.63, 3.8) is 0 Å². The summed E-state index contributed by atoms with van der Waals surface area (Å²) in [5.74, 6) is -0.921. The Morgan fingerprint density at radius 3 is 2.41 bits per heavy atom. The highest BCUT2D eigenvalue weighted by molar-refractivity contribution is 7.21. The first-order valence-electron chi connectivity index (χ1n) is 10.1. The minimum absolute atomic E-state index is 0.00476. The van der Waals surface area contributed by atoms with Crippen LogP contribution in [-0.4, -0.2) is 35.7 Å². The van der Waals surface area contributed by atoms with E-state index in [1.807, 2.05) is 65.0 Å². The topological polar surface area (TPSA) is 55.9 Å². The van der Waals surface area contributed by atoms with Crippen molar-refractivity contribution in [2.24, 2.45) is 11.8 Å². The molecule has 0 aromatic heterocycles. The van der Waals surface area contributed by atoms with E-state index in [4.69, 9.17) is 9.47 Å². The number of Topliss-reactive ketones (excluding diaryl/α,β-unsaturated/α-hetero) is 1. The van der Waals surface area contributed by atoms with E-state index in [1.54, 1.807) is 6.92 Å². The number of rotatable bonds is 7. The zero-order chi connectivity index (χ0) is 21.5. The van der Waals surface area contributed by atoms with Gasteiger partial charge in [-0.05, 0) is 50.3 Å². The monoisotopic (exact) mass is 414 g/mol. The Bertz CT molecular complexity index is 871. The number of epoxide rings is 1. The second kappa shape index (κ2) is 8.16. The molecule has 0 spiro atoms. The molecule has 5 atom stereocenters. The number of carbonyl (C=O) groups is 2. The third-order valence-corrected chi connectivity index (χ3v) is 6.43. The fourth-order valence-electron chi connectivity index (χ4n) is 4.51. The van der Waals surface area contributed by atoms with Crippen LogP contribution in [0.3, 0.4) is 0 Å². The van der Waals surface area contributed by atoms with Crippen LogP contribution in [-0.2, 0) is 14.3 Å². The first-order valence-corrected chi connectivity index (χ1v) is 10.7. The highest BCUT2D eigenvalue weighted by Crippen LogP contribution is 2.39. The molecular weight excluding hydrogens is 383 g/mol. The Kier molecular flexibility index (Phi) is 6.17. The third kappa shape index (κ3) is 4.39. The van der Waals surface area contributed by atoms with Gasteiger partial charge >= 0.3 is 5.97 Å². The number of allylic oxidation sites excluding steroid dienone is 2. The van der Waals surface area contributed by atoms with E-state index in [9.17, 15) is 9.59 Å². The van der Waals surface area contributed by atoms with Crippen LogP contribution in [0.4, 0.5) is 0 Å². The van der Waals surface area contributed by atoms with Crippen LogP contribution in [0.15, 0.2) is 35.9 Å². The van der Waals surface area contributed by atoms with Gasteiger partial charge in [-0.2, -0.15) is 0 Å². The molecule has 0 saturated carbocycles. The van der Waals surface area contributed by atoms with Crippen LogP contribution >= 0.6 is 9.24 Å². The molecule has 5 unspecified atom stereocenters. The van der Waals surface area contributed by atoms with Crippen LogP contribution < -0.4 is 0 Å². The van der Waals surface area contributed by atoms with Gasteiger partial charge in [0.1, 0.15) is 18.8 Å². The summed E-state index contributed by atoms with van der Waals surface area (Å²) in [6.07, 6.45) is 6.01. The van der Waals surface area contributed by atoms with Gasteiger partial charge in [-0.1, -0.05) is 49.8 Å². The minimum atomic E-state index is -1.02. The molecule has 3 rings (SSSR count). The van der Waals surface area contributed by atoms with Gasteiger partial charge in [0.05, 0.1) is 5.16 Å². The molecule has 5 heteroatoms. The lowest BCUT2D eigenvalue weighted by Gasteiger charge is -2.34. The van der Waals surface area contributed by atoms with Gasteiger partial charge in [-0.25, -0.2) is 0 Å². The fourth-order valence-corrected chi connectivity index (χ4v) is 5.13. The highest BCUT2D eigenvalue weighted by Gasteiger charge is 2.46. The van der Waals surface area contributed by atoms with Gasteiger partial charge in [0.25, 0.3) is 0 Å². The Morgan fingerprint density at radius 2 is 1.83 bits per heavy atom. The van der Waals surface area contributed by atoms with Gasteiger partial charge in [-0.15, -0.1) is 9.24 Å². The molecule has 1 aliphatic heterocycles. The Morgan fingerprint density at radius 1 is 1.21 bits per heavy atom. The van der Waals surface area contributed by atoms with E-state index >= 15 is 0 Å². The van der Waals surface area contributed by atoms with Gasteiger partial charge in [-0.3, -0.25) is 9.59 Å². The summed E-state index contributed by atoms with van der Waals surface area (Å²) < 4.78 is 11.2. The summed E-state index contributed by atoms with van der Waals surface area (Å²) in [5, 5.41) is -1.02. The summed E-state index contributed by atoms with van der Waals surface area (Å²) in [4.78, 5) is 26.6. The van der Waals surface area contributed by atoms with Gasteiger partial charge in [0, 0.05) is 11.5 Å². The molecule has 1 saturated heterocycles. The van der Waals surface area contributed by atoms with Gasteiger partial charge in [0.2, 0.25) is 0 Å².